The number of halogens is 3. The molecule has 2 aliphatic rings. The maximum Gasteiger partial charge on any atom is 0.416 e. The highest BCUT2D eigenvalue weighted by Crippen LogP contribution is 2.36. The van der Waals surface area contributed by atoms with E-state index in [1.165, 1.54) is 13.0 Å². The summed E-state index contributed by atoms with van der Waals surface area (Å²) in [5.41, 5.74) is -0.493. The molecule has 1 saturated heterocycles. The number of likely N-dealkylation sites (tertiary alicyclic amines) is 1. The maximum atomic E-state index is 12.9. The molecule has 1 saturated carbocycles. The van der Waals surface area contributed by atoms with E-state index in [1.807, 2.05) is 0 Å². The lowest BCUT2D eigenvalue weighted by Crippen LogP contribution is -2.35. The summed E-state index contributed by atoms with van der Waals surface area (Å²) in [4.78, 5) is 25.4. The monoisotopic (exact) mass is 341 g/mol. The highest BCUT2D eigenvalue weighted by atomic mass is 19.4. The highest BCUT2D eigenvalue weighted by Gasteiger charge is 2.40. The molecule has 1 aliphatic carbocycles. The summed E-state index contributed by atoms with van der Waals surface area (Å²) >= 11 is 0. The molecule has 2 amide bonds. The maximum absolute atomic E-state index is 12.9. The number of hydrogen-bond acceptors (Lipinski definition) is 3. The minimum Gasteiger partial charge on any atom is -0.372 e. The number of carbonyl (C=O) groups excluding carboxylic acids is 2. The molecule has 1 aromatic rings. The second-order valence-corrected chi connectivity index (χ2v) is 6.19. The van der Waals surface area contributed by atoms with E-state index in [0.717, 1.165) is 25.0 Å². The van der Waals surface area contributed by atoms with E-state index in [9.17, 15) is 22.8 Å². The first-order valence-corrected chi connectivity index (χ1v) is 7.81. The lowest BCUT2D eigenvalue weighted by molar-refractivity contribution is -0.137. The van der Waals surface area contributed by atoms with Gasteiger partial charge in [-0.15, -0.1) is 0 Å². The summed E-state index contributed by atoms with van der Waals surface area (Å²) in [5, 5.41) is 5.38. The summed E-state index contributed by atoms with van der Waals surface area (Å²) in [6.07, 6.45) is -1.99. The van der Waals surface area contributed by atoms with Crippen LogP contribution in [-0.2, 0) is 15.8 Å². The fourth-order valence-corrected chi connectivity index (χ4v) is 2.91. The van der Waals surface area contributed by atoms with Gasteiger partial charge in [-0.1, -0.05) is 0 Å². The van der Waals surface area contributed by atoms with Gasteiger partial charge in [-0.2, -0.15) is 13.2 Å². The molecule has 5 nitrogen and oxygen atoms in total. The molecule has 0 aromatic heterocycles. The largest absolute Gasteiger partial charge is 0.416 e. The number of benzene rings is 1. The molecule has 3 rings (SSSR count). The fraction of sp³-hybridized carbons (Fsp3) is 0.500. The molecule has 1 unspecified atom stereocenters. The first kappa shape index (κ1) is 16.6. The molecule has 1 aromatic carbocycles. The van der Waals surface area contributed by atoms with Gasteiger partial charge in [-0.3, -0.25) is 9.59 Å². The summed E-state index contributed by atoms with van der Waals surface area (Å²) in [7, 11) is 0. The Morgan fingerprint density at radius 1 is 1.21 bits per heavy atom. The van der Waals surface area contributed by atoms with E-state index in [0.29, 0.717) is 13.0 Å². The first-order valence-electron chi connectivity index (χ1n) is 7.81. The van der Waals surface area contributed by atoms with Crippen molar-refractivity contribution in [2.75, 3.05) is 17.2 Å². The van der Waals surface area contributed by atoms with E-state index >= 15 is 0 Å². The van der Waals surface area contributed by atoms with Crippen LogP contribution >= 0.6 is 0 Å². The van der Waals surface area contributed by atoms with Gasteiger partial charge in [0.15, 0.2) is 0 Å². The second kappa shape index (κ2) is 5.99. The Labute approximate surface area is 137 Å². The van der Waals surface area contributed by atoms with Gasteiger partial charge in [-0.05, 0) is 37.5 Å². The Bertz CT molecular complexity index is 671. The zero-order valence-electron chi connectivity index (χ0n) is 13.1. The van der Waals surface area contributed by atoms with Crippen molar-refractivity contribution in [1.29, 1.82) is 0 Å². The normalized spacial score (nSPS) is 21.1. The van der Waals surface area contributed by atoms with Crippen LogP contribution in [0.4, 0.5) is 24.5 Å². The van der Waals surface area contributed by atoms with Crippen LogP contribution in [0.2, 0.25) is 0 Å². The van der Waals surface area contributed by atoms with Crippen LogP contribution in [0.15, 0.2) is 18.2 Å². The molecule has 8 heteroatoms. The molecular formula is C16H18F3N3O2. The van der Waals surface area contributed by atoms with Gasteiger partial charge < -0.3 is 15.5 Å². The summed E-state index contributed by atoms with van der Waals surface area (Å²) in [6, 6.07) is 2.74. The third kappa shape index (κ3) is 3.47. The number of amides is 2. The summed E-state index contributed by atoms with van der Waals surface area (Å²) in [6.45, 7) is 1.88. The molecule has 1 aliphatic heterocycles. The zero-order valence-corrected chi connectivity index (χ0v) is 13.1. The second-order valence-electron chi connectivity index (χ2n) is 6.19. The van der Waals surface area contributed by atoms with Crippen molar-refractivity contribution in [2.45, 2.75) is 44.4 Å². The predicted octanol–water partition coefficient (Wildman–Crippen LogP) is 2.84. The highest BCUT2D eigenvalue weighted by molar-refractivity contribution is 5.94. The van der Waals surface area contributed by atoms with Crippen LogP contribution in [-0.4, -0.2) is 35.3 Å². The molecule has 130 valence electrons. The van der Waals surface area contributed by atoms with E-state index in [-0.39, 0.29) is 23.3 Å². The van der Waals surface area contributed by atoms with Gasteiger partial charge in [0.25, 0.3) is 0 Å². The van der Waals surface area contributed by atoms with Crippen molar-refractivity contribution < 1.29 is 22.8 Å². The number of rotatable bonds is 4. The van der Waals surface area contributed by atoms with Crippen LogP contribution < -0.4 is 10.6 Å². The molecule has 0 spiro atoms. The quantitative estimate of drug-likeness (QED) is 0.885. The van der Waals surface area contributed by atoms with Crippen molar-refractivity contribution >= 4 is 23.2 Å². The van der Waals surface area contributed by atoms with E-state index in [2.05, 4.69) is 10.6 Å². The Morgan fingerprint density at radius 3 is 2.50 bits per heavy atom. The number of nitrogens with zero attached hydrogens (tertiary/aromatic N) is 1. The third-order valence-electron chi connectivity index (χ3n) is 4.21. The lowest BCUT2D eigenvalue weighted by Gasteiger charge is -2.20. The van der Waals surface area contributed by atoms with Crippen molar-refractivity contribution in [3.8, 4) is 0 Å². The number of hydrogen-bond donors (Lipinski definition) is 2. The van der Waals surface area contributed by atoms with Crippen molar-refractivity contribution in [3.05, 3.63) is 23.8 Å². The molecular weight excluding hydrogens is 323 g/mol. The molecule has 0 bridgehead atoms. The van der Waals surface area contributed by atoms with Gasteiger partial charge in [0, 0.05) is 19.5 Å². The van der Waals surface area contributed by atoms with Gasteiger partial charge in [0.1, 0.15) is 6.04 Å². The van der Waals surface area contributed by atoms with E-state index in [1.54, 1.807) is 4.90 Å². The van der Waals surface area contributed by atoms with Crippen molar-refractivity contribution in [3.63, 3.8) is 0 Å². The van der Waals surface area contributed by atoms with Crippen LogP contribution in [0, 0.1) is 0 Å². The average Bonchev–Trinajstić information content (AvgIpc) is 3.25. The van der Waals surface area contributed by atoms with Crippen molar-refractivity contribution in [2.24, 2.45) is 0 Å². The standard InChI is InChI=1S/C16H18F3N3O2/c1-9(23)20-12-5-2-10(16(17,18)19)8-14(12)21-13-6-7-22(15(13)24)11-3-4-11/h2,5,8,11,13,21H,3-4,6-7H2,1H3,(H,20,23). The summed E-state index contributed by atoms with van der Waals surface area (Å²) < 4.78 is 38.8. The molecule has 2 fully saturated rings. The zero-order chi connectivity index (χ0) is 17.5. The fourth-order valence-electron chi connectivity index (χ4n) is 2.91. The molecule has 1 heterocycles. The minimum atomic E-state index is -4.50. The third-order valence-corrected chi connectivity index (χ3v) is 4.21. The SMILES string of the molecule is CC(=O)Nc1ccc(C(F)(F)F)cc1NC1CCN(C2CC2)C1=O. The Balaban J connectivity index is 1.84. The molecule has 24 heavy (non-hydrogen) atoms. The Kier molecular flexibility index (Phi) is 4.15. The molecule has 2 N–H and O–H groups in total. The van der Waals surface area contributed by atoms with E-state index in [4.69, 9.17) is 0 Å². The van der Waals surface area contributed by atoms with Gasteiger partial charge >= 0.3 is 6.18 Å². The number of carbonyl (C=O) groups is 2. The lowest BCUT2D eigenvalue weighted by atomic mass is 10.1. The van der Waals surface area contributed by atoms with Gasteiger partial charge in [-0.25, -0.2) is 0 Å². The van der Waals surface area contributed by atoms with E-state index < -0.39 is 23.7 Å². The Morgan fingerprint density at radius 2 is 1.92 bits per heavy atom. The van der Waals surface area contributed by atoms with Crippen LogP contribution in [0.3, 0.4) is 0 Å². The topological polar surface area (TPSA) is 61.4 Å². The first-order chi connectivity index (χ1) is 11.3. The van der Waals surface area contributed by atoms with Gasteiger partial charge in [0.05, 0.1) is 16.9 Å². The minimum absolute atomic E-state index is 0.0938. The number of alkyl halides is 3. The smallest absolute Gasteiger partial charge is 0.372 e. The van der Waals surface area contributed by atoms with Crippen LogP contribution in [0.5, 0.6) is 0 Å². The van der Waals surface area contributed by atoms with Crippen LogP contribution in [0.1, 0.15) is 31.7 Å². The number of nitrogens with one attached hydrogen (secondary N) is 2. The molecule has 1 atom stereocenters. The predicted molar refractivity (Wildman–Crippen MR) is 82.5 cm³/mol. The van der Waals surface area contributed by atoms with Gasteiger partial charge in [0.2, 0.25) is 11.8 Å². The van der Waals surface area contributed by atoms with Crippen LogP contribution in [0.25, 0.3) is 0 Å². The summed E-state index contributed by atoms with van der Waals surface area (Å²) in [5.74, 6) is -0.487. The Hall–Kier alpha value is -2.25. The van der Waals surface area contributed by atoms with Crippen molar-refractivity contribution in [1.82, 2.24) is 4.90 Å². The average molecular weight is 341 g/mol. The molecule has 0 radical (unpaired) electrons. The number of anilines is 2.